The van der Waals surface area contributed by atoms with Crippen molar-refractivity contribution in [3.63, 3.8) is 0 Å². The first-order chi connectivity index (χ1) is 9.62. The van der Waals surface area contributed by atoms with Crippen LogP contribution in [0, 0.1) is 0 Å². The zero-order valence-electron chi connectivity index (χ0n) is 11.2. The quantitative estimate of drug-likeness (QED) is 0.600. The first-order valence-electron chi connectivity index (χ1n) is 6.26. The van der Waals surface area contributed by atoms with E-state index in [1.165, 1.54) is 12.4 Å². The Bertz CT molecular complexity index is 619. The van der Waals surface area contributed by atoms with Crippen molar-refractivity contribution in [3.05, 3.63) is 30.6 Å². The minimum atomic E-state index is -3.51. The number of hydrogen-bond acceptors (Lipinski definition) is 5. The maximum absolute atomic E-state index is 12.0. The minimum absolute atomic E-state index is 0.179. The average Bonchev–Trinajstić information content (AvgIpc) is 3.07. The van der Waals surface area contributed by atoms with Gasteiger partial charge in [-0.05, 0) is 7.05 Å². The summed E-state index contributed by atoms with van der Waals surface area (Å²) in [5.41, 5.74) is 0.886. The fourth-order valence-corrected chi connectivity index (χ4v) is 2.64. The largest absolute Gasteiger partial charge is 0.348 e. The standard InChI is InChI=1S/C11H18N6O2S/c1-12-4-5-17-8-11(7-15-17)20(18,19)16-3-2-10-6-13-9-14-10/h6-9,12,16H,2-5H2,1H3,(H,13,14). The van der Waals surface area contributed by atoms with Crippen LogP contribution in [0.25, 0.3) is 0 Å². The molecule has 2 heterocycles. The van der Waals surface area contributed by atoms with Gasteiger partial charge in [-0.1, -0.05) is 0 Å². The maximum Gasteiger partial charge on any atom is 0.243 e. The molecule has 0 fully saturated rings. The number of aromatic nitrogens is 4. The fraction of sp³-hybridized carbons (Fsp3) is 0.455. The van der Waals surface area contributed by atoms with Crippen molar-refractivity contribution >= 4 is 10.0 Å². The summed E-state index contributed by atoms with van der Waals surface area (Å²) in [7, 11) is -1.67. The van der Waals surface area contributed by atoms with Crippen molar-refractivity contribution in [1.82, 2.24) is 29.8 Å². The lowest BCUT2D eigenvalue weighted by atomic mass is 10.3. The van der Waals surface area contributed by atoms with Gasteiger partial charge in [0.25, 0.3) is 0 Å². The highest BCUT2D eigenvalue weighted by atomic mass is 32.2. The van der Waals surface area contributed by atoms with E-state index in [9.17, 15) is 8.42 Å². The molecule has 0 spiro atoms. The van der Waals surface area contributed by atoms with Crippen molar-refractivity contribution in [2.45, 2.75) is 17.9 Å². The Kier molecular flexibility index (Phi) is 4.88. The van der Waals surface area contributed by atoms with Crippen LogP contribution >= 0.6 is 0 Å². The molecule has 0 saturated carbocycles. The summed E-state index contributed by atoms with van der Waals surface area (Å²) in [6.45, 7) is 1.67. The van der Waals surface area contributed by atoms with Gasteiger partial charge in [0.15, 0.2) is 0 Å². The van der Waals surface area contributed by atoms with Crippen LogP contribution in [0.3, 0.4) is 0 Å². The SMILES string of the molecule is CNCCn1cc(S(=O)(=O)NCCc2cnc[nH]2)cn1. The van der Waals surface area contributed by atoms with Gasteiger partial charge in [0.2, 0.25) is 10.0 Å². The molecule has 2 rings (SSSR count). The summed E-state index contributed by atoms with van der Waals surface area (Å²) in [6.07, 6.45) is 6.68. The Labute approximate surface area is 117 Å². The lowest BCUT2D eigenvalue weighted by molar-refractivity contribution is 0.576. The van der Waals surface area contributed by atoms with E-state index in [0.29, 0.717) is 19.5 Å². The normalized spacial score (nSPS) is 11.8. The number of H-pyrrole nitrogens is 1. The number of nitrogens with one attached hydrogen (secondary N) is 3. The van der Waals surface area contributed by atoms with E-state index in [0.717, 1.165) is 12.2 Å². The lowest BCUT2D eigenvalue weighted by Crippen LogP contribution is -2.25. The molecule has 2 aromatic heterocycles. The predicted octanol–water partition coefficient (Wildman–Crippen LogP) is -0.653. The summed E-state index contributed by atoms with van der Waals surface area (Å²) in [5, 5.41) is 7.00. The molecule has 9 heteroatoms. The van der Waals surface area contributed by atoms with Crippen LogP contribution in [0.1, 0.15) is 5.69 Å². The summed E-state index contributed by atoms with van der Waals surface area (Å²) < 4.78 is 28.2. The highest BCUT2D eigenvalue weighted by Gasteiger charge is 2.15. The molecule has 0 aliphatic heterocycles. The topological polar surface area (TPSA) is 105 Å². The summed E-state index contributed by atoms with van der Waals surface area (Å²) >= 11 is 0. The Morgan fingerprint density at radius 2 is 2.20 bits per heavy atom. The molecule has 110 valence electrons. The Hall–Kier alpha value is -1.71. The van der Waals surface area contributed by atoms with Crippen LogP contribution < -0.4 is 10.0 Å². The van der Waals surface area contributed by atoms with Crippen LogP contribution in [0.4, 0.5) is 0 Å². The van der Waals surface area contributed by atoms with Crippen LogP contribution in [0.5, 0.6) is 0 Å². The first-order valence-corrected chi connectivity index (χ1v) is 7.74. The van der Waals surface area contributed by atoms with Gasteiger partial charge in [0.1, 0.15) is 4.90 Å². The van der Waals surface area contributed by atoms with E-state index < -0.39 is 10.0 Å². The highest BCUT2D eigenvalue weighted by Crippen LogP contribution is 2.06. The Morgan fingerprint density at radius 1 is 1.35 bits per heavy atom. The molecule has 0 amide bonds. The van der Waals surface area contributed by atoms with Gasteiger partial charge in [-0.3, -0.25) is 4.68 Å². The zero-order valence-corrected chi connectivity index (χ0v) is 12.0. The summed E-state index contributed by atoms with van der Waals surface area (Å²) in [5.74, 6) is 0. The number of rotatable bonds is 8. The van der Waals surface area contributed by atoms with Gasteiger partial charge in [-0.25, -0.2) is 18.1 Å². The number of sulfonamides is 1. The molecule has 0 atom stereocenters. The third-order valence-corrected chi connectivity index (χ3v) is 4.17. The van der Waals surface area contributed by atoms with Crippen molar-refractivity contribution in [2.75, 3.05) is 20.1 Å². The van der Waals surface area contributed by atoms with Crippen molar-refractivity contribution < 1.29 is 8.42 Å². The molecule has 0 aliphatic rings. The summed E-state index contributed by atoms with van der Waals surface area (Å²) in [6, 6.07) is 0. The number of likely N-dealkylation sites (N-methyl/N-ethyl adjacent to an activating group) is 1. The van der Waals surface area contributed by atoms with Crippen LogP contribution in [0.15, 0.2) is 29.8 Å². The molecule has 0 aromatic carbocycles. The molecule has 8 nitrogen and oxygen atoms in total. The smallest absolute Gasteiger partial charge is 0.243 e. The Balaban J connectivity index is 1.90. The second kappa shape index (κ2) is 6.64. The highest BCUT2D eigenvalue weighted by molar-refractivity contribution is 7.89. The zero-order chi connectivity index (χ0) is 14.4. The average molecular weight is 298 g/mol. The van der Waals surface area contributed by atoms with Crippen LogP contribution in [-0.4, -0.2) is 48.3 Å². The van der Waals surface area contributed by atoms with E-state index in [4.69, 9.17) is 0 Å². The second-order valence-corrected chi connectivity index (χ2v) is 6.03. The maximum atomic E-state index is 12.0. The van der Waals surface area contributed by atoms with E-state index in [1.807, 2.05) is 7.05 Å². The van der Waals surface area contributed by atoms with Gasteiger partial charge >= 0.3 is 0 Å². The Morgan fingerprint density at radius 3 is 2.90 bits per heavy atom. The molecule has 0 aliphatic carbocycles. The molecule has 2 aromatic rings. The summed E-state index contributed by atoms with van der Waals surface area (Å²) in [4.78, 5) is 6.98. The molecule has 0 bridgehead atoms. The predicted molar refractivity (Wildman–Crippen MR) is 73.6 cm³/mol. The van der Waals surface area contributed by atoms with E-state index >= 15 is 0 Å². The van der Waals surface area contributed by atoms with E-state index in [-0.39, 0.29) is 4.90 Å². The number of aromatic amines is 1. The molecule has 0 unspecified atom stereocenters. The van der Waals surface area contributed by atoms with Crippen molar-refractivity contribution in [1.29, 1.82) is 0 Å². The fourth-order valence-electron chi connectivity index (χ4n) is 1.66. The molecule has 0 saturated heterocycles. The van der Waals surface area contributed by atoms with Crippen LogP contribution in [0.2, 0.25) is 0 Å². The van der Waals surface area contributed by atoms with Gasteiger partial charge in [-0.2, -0.15) is 5.10 Å². The van der Waals surface area contributed by atoms with Gasteiger partial charge in [0.05, 0.1) is 19.1 Å². The van der Waals surface area contributed by atoms with Gasteiger partial charge in [0, 0.05) is 37.6 Å². The van der Waals surface area contributed by atoms with Gasteiger partial charge < -0.3 is 10.3 Å². The number of imidazole rings is 1. The number of nitrogens with zero attached hydrogens (tertiary/aromatic N) is 3. The van der Waals surface area contributed by atoms with Crippen molar-refractivity contribution in [2.24, 2.45) is 0 Å². The third-order valence-electron chi connectivity index (χ3n) is 2.75. The molecular weight excluding hydrogens is 280 g/mol. The minimum Gasteiger partial charge on any atom is -0.348 e. The first kappa shape index (κ1) is 14.7. The monoisotopic (exact) mass is 298 g/mol. The lowest BCUT2D eigenvalue weighted by Gasteiger charge is -2.03. The molecular formula is C11H18N6O2S. The van der Waals surface area contributed by atoms with E-state index in [2.05, 4.69) is 25.1 Å². The van der Waals surface area contributed by atoms with Crippen molar-refractivity contribution in [3.8, 4) is 0 Å². The molecule has 3 N–H and O–H groups in total. The molecule has 0 radical (unpaired) electrons. The number of hydrogen-bond donors (Lipinski definition) is 3. The third kappa shape index (κ3) is 3.89. The van der Waals surface area contributed by atoms with Crippen LogP contribution in [-0.2, 0) is 23.0 Å². The van der Waals surface area contributed by atoms with E-state index in [1.54, 1.807) is 17.2 Å². The second-order valence-electron chi connectivity index (χ2n) is 4.27. The molecule has 20 heavy (non-hydrogen) atoms. The van der Waals surface area contributed by atoms with Gasteiger partial charge in [-0.15, -0.1) is 0 Å².